The van der Waals surface area contributed by atoms with E-state index in [2.05, 4.69) is 5.32 Å². The average Bonchev–Trinajstić information content (AvgIpc) is 2.16. The topological polar surface area (TPSA) is 41.5 Å². The first-order chi connectivity index (χ1) is 6.52. The molecule has 2 N–H and O–H groups in total. The Labute approximate surface area is 87.2 Å². The highest BCUT2D eigenvalue weighted by molar-refractivity contribution is 4.87. The van der Waals surface area contributed by atoms with Gasteiger partial charge in [-0.3, -0.25) is 5.32 Å². The zero-order valence-electron chi connectivity index (χ0n) is 9.82. The lowest BCUT2D eigenvalue weighted by molar-refractivity contribution is 0.0373. The van der Waals surface area contributed by atoms with Crippen LogP contribution in [0.4, 0.5) is 0 Å². The maximum Gasteiger partial charge on any atom is 0.111 e. The average molecular weight is 201 g/mol. The van der Waals surface area contributed by atoms with Gasteiger partial charge < -0.3 is 9.84 Å². The van der Waals surface area contributed by atoms with E-state index in [0.29, 0.717) is 0 Å². The molecule has 0 amide bonds. The highest BCUT2D eigenvalue weighted by Crippen LogP contribution is 2.05. The third kappa shape index (κ3) is 4.74. The first-order valence-electron chi connectivity index (χ1n) is 5.12. The van der Waals surface area contributed by atoms with Gasteiger partial charge in [-0.1, -0.05) is 19.1 Å². The Morgan fingerprint density at radius 1 is 1.29 bits per heavy atom. The molecule has 0 heterocycles. The van der Waals surface area contributed by atoms with Crippen LogP contribution < -0.4 is 5.32 Å². The molecule has 0 aliphatic carbocycles. The van der Waals surface area contributed by atoms with Crippen LogP contribution in [0.1, 0.15) is 27.7 Å². The standard InChI is InChI=1S/C11H23NO2/c1-6-7-8(2)11(13)12-9(3)10(4)14-5/h6-13H,1-5H3/b7-6-/t8?,9?,10-,11?/m1/s1. The summed E-state index contributed by atoms with van der Waals surface area (Å²) >= 11 is 0. The first kappa shape index (κ1) is 13.6. The number of aliphatic hydroxyl groups excluding tert-OH is 1. The molecule has 0 saturated carbocycles. The van der Waals surface area contributed by atoms with Crippen LogP contribution in [0.2, 0.25) is 0 Å². The van der Waals surface area contributed by atoms with Crippen LogP contribution in [0.5, 0.6) is 0 Å². The van der Waals surface area contributed by atoms with Crippen LogP contribution in [0, 0.1) is 5.92 Å². The highest BCUT2D eigenvalue weighted by atomic mass is 16.5. The van der Waals surface area contributed by atoms with E-state index in [9.17, 15) is 5.11 Å². The lowest BCUT2D eigenvalue weighted by Gasteiger charge is -2.25. The molecule has 0 aromatic carbocycles. The van der Waals surface area contributed by atoms with Crippen molar-refractivity contribution in [2.45, 2.75) is 46.1 Å². The van der Waals surface area contributed by atoms with Crippen molar-refractivity contribution in [2.75, 3.05) is 7.11 Å². The molecule has 0 fully saturated rings. The number of ether oxygens (including phenoxy) is 1. The third-order valence-electron chi connectivity index (χ3n) is 2.50. The van der Waals surface area contributed by atoms with E-state index in [4.69, 9.17) is 4.74 Å². The summed E-state index contributed by atoms with van der Waals surface area (Å²) < 4.78 is 5.16. The molecule has 14 heavy (non-hydrogen) atoms. The molecule has 0 saturated heterocycles. The van der Waals surface area contributed by atoms with E-state index in [0.717, 1.165) is 0 Å². The second-order valence-electron chi connectivity index (χ2n) is 3.73. The molecule has 3 nitrogen and oxygen atoms in total. The third-order valence-corrected chi connectivity index (χ3v) is 2.50. The summed E-state index contributed by atoms with van der Waals surface area (Å²) in [6.07, 6.45) is 3.50. The molecule has 0 spiro atoms. The van der Waals surface area contributed by atoms with Gasteiger partial charge in [-0.25, -0.2) is 0 Å². The van der Waals surface area contributed by atoms with Crippen molar-refractivity contribution in [3.05, 3.63) is 12.2 Å². The van der Waals surface area contributed by atoms with Crippen LogP contribution in [0.25, 0.3) is 0 Å². The van der Waals surface area contributed by atoms with E-state index in [1.54, 1.807) is 7.11 Å². The molecule has 3 unspecified atom stereocenters. The molecule has 0 radical (unpaired) electrons. The summed E-state index contributed by atoms with van der Waals surface area (Å²) in [4.78, 5) is 0. The fraction of sp³-hybridized carbons (Fsp3) is 0.818. The second-order valence-corrected chi connectivity index (χ2v) is 3.73. The fourth-order valence-electron chi connectivity index (χ4n) is 1.17. The van der Waals surface area contributed by atoms with Crippen LogP contribution in [-0.2, 0) is 4.74 Å². The molecule has 4 atom stereocenters. The molecule has 0 aromatic rings. The first-order valence-corrected chi connectivity index (χ1v) is 5.12. The van der Waals surface area contributed by atoms with Crippen LogP contribution in [0.15, 0.2) is 12.2 Å². The van der Waals surface area contributed by atoms with Crippen molar-refractivity contribution in [3.8, 4) is 0 Å². The number of nitrogens with one attached hydrogen (secondary N) is 1. The quantitative estimate of drug-likeness (QED) is 0.506. The summed E-state index contributed by atoms with van der Waals surface area (Å²) in [5.74, 6) is 0.117. The molecule has 3 heteroatoms. The maximum absolute atomic E-state index is 9.75. The number of rotatable bonds is 6. The van der Waals surface area contributed by atoms with Gasteiger partial charge in [0.05, 0.1) is 6.10 Å². The maximum atomic E-state index is 9.75. The Kier molecular flexibility index (Phi) is 6.79. The van der Waals surface area contributed by atoms with Crippen LogP contribution in [-0.4, -0.2) is 30.6 Å². The Hall–Kier alpha value is -0.380. The number of methoxy groups -OCH3 is 1. The Morgan fingerprint density at radius 3 is 2.29 bits per heavy atom. The van der Waals surface area contributed by atoms with Crippen molar-refractivity contribution in [3.63, 3.8) is 0 Å². The molecule has 84 valence electrons. The predicted molar refractivity (Wildman–Crippen MR) is 59.1 cm³/mol. The van der Waals surface area contributed by atoms with E-state index in [1.165, 1.54) is 0 Å². The SMILES string of the molecule is C/C=C\C(C)C(O)NC(C)[C@@H](C)OC. The van der Waals surface area contributed by atoms with Gasteiger partial charge in [0.2, 0.25) is 0 Å². The van der Waals surface area contributed by atoms with Crippen molar-refractivity contribution in [1.29, 1.82) is 0 Å². The Bertz CT molecular complexity index is 171. The van der Waals surface area contributed by atoms with E-state index in [1.807, 2.05) is 39.8 Å². The lowest BCUT2D eigenvalue weighted by Crippen LogP contribution is -2.45. The zero-order valence-corrected chi connectivity index (χ0v) is 9.82. The van der Waals surface area contributed by atoms with Gasteiger partial charge in [0.15, 0.2) is 0 Å². The van der Waals surface area contributed by atoms with Crippen LogP contribution >= 0.6 is 0 Å². The Balaban J connectivity index is 3.97. The monoisotopic (exact) mass is 201 g/mol. The molecule has 0 bridgehead atoms. The largest absolute Gasteiger partial charge is 0.380 e. The summed E-state index contributed by atoms with van der Waals surface area (Å²) in [6.45, 7) is 7.90. The molecular weight excluding hydrogens is 178 g/mol. The van der Waals surface area contributed by atoms with Crippen LogP contribution in [0.3, 0.4) is 0 Å². The molecular formula is C11H23NO2. The summed E-state index contributed by atoms with van der Waals surface area (Å²) in [6, 6.07) is 0.141. The molecule has 0 rings (SSSR count). The van der Waals surface area contributed by atoms with E-state index in [-0.39, 0.29) is 18.1 Å². The number of hydrogen-bond acceptors (Lipinski definition) is 3. The van der Waals surface area contributed by atoms with Gasteiger partial charge in [-0.2, -0.15) is 0 Å². The van der Waals surface area contributed by atoms with Gasteiger partial charge in [0.25, 0.3) is 0 Å². The normalized spacial score (nSPS) is 20.7. The molecule has 0 aliphatic rings. The van der Waals surface area contributed by atoms with Crippen molar-refractivity contribution in [1.82, 2.24) is 5.32 Å². The fourth-order valence-corrected chi connectivity index (χ4v) is 1.17. The molecule has 0 aromatic heterocycles. The minimum Gasteiger partial charge on any atom is -0.380 e. The summed E-state index contributed by atoms with van der Waals surface area (Å²) in [5, 5.41) is 12.8. The van der Waals surface area contributed by atoms with Crippen molar-refractivity contribution >= 4 is 0 Å². The second kappa shape index (κ2) is 6.98. The summed E-state index contributed by atoms with van der Waals surface area (Å²) in [7, 11) is 1.67. The summed E-state index contributed by atoms with van der Waals surface area (Å²) in [5.41, 5.74) is 0. The van der Waals surface area contributed by atoms with Gasteiger partial charge in [0, 0.05) is 19.1 Å². The highest BCUT2D eigenvalue weighted by Gasteiger charge is 2.17. The van der Waals surface area contributed by atoms with Gasteiger partial charge in [-0.05, 0) is 20.8 Å². The van der Waals surface area contributed by atoms with Gasteiger partial charge in [0.1, 0.15) is 6.23 Å². The minimum absolute atomic E-state index is 0.0995. The zero-order chi connectivity index (χ0) is 11.1. The number of aliphatic hydroxyl groups is 1. The van der Waals surface area contributed by atoms with Gasteiger partial charge in [-0.15, -0.1) is 0 Å². The number of allylic oxidation sites excluding steroid dienone is 1. The number of hydrogen-bond donors (Lipinski definition) is 2. The predicted octanol–water partition coefficient (Wildman–Crippen LogP) is 1.53. The Morgan fingerprint density at radius 2 is 1.86 bits per heavy atom. The van der Waals surface area contributed by atoms with Gasteiger partial charge >= 0.3 is 0 Å². The van der Waals surface area contributed by atoms with E-state index >= 15 is 0 Å². The smallest absolute Gasteiger partial charge is 0.111 e. The van der Waals surface area contributed by atoms with E-state index < -0.39 is 6.23 Å². The molecule has 0 aliphatic heterocycles. The van der Waals surface area contributed by atoms with Crippen molar-refractivity contribution < 1.29 is 9.84 Å². The lowest BCUT2D eigenvalue weighted by atomic mass is 10.1. The van der Waals surface area contributed by atoms with Crippen molar-refractivity contribution in [2.24, 2.45) is 5.92 Å². The minimum atomic E-state index is -0.515.